The van der Waals surface area contributed by atoms with Gasteiger partial charge in [-0.3, -0.25) is 9.59 Å². The molecular formula is C23H24ClN5O6S. The number of nitrogens with zero attached hydrogens (tertiary/aromatic N) is 3. The van der Waals surface area contributed by atoms with Gasteiger partial charge in [0.2, 0.25) is 5.91 Å². The van der Waals surface area contributed by atoms with E-state index in [4.69, 9.17) is 21.1 Å². The Morgan fingerprint density at radius 2 is 1.78 bits per heavy atom. The van der Waals surface area contributed by atoms with Crippen LogP contribution in [-0.4, -0.2) is 59.6 Å². The zero-order valence-electron chi connectivity index (χ0n) is 20.0. The van der Waals surface area contributed by atoms with Crippen molar-refractivity contribution in [1.82, 2.24) is 20.1 Å². The van der Waals surface area contributed by atoms with Crippen molar-refractivity contribution in [2.24, 2.45) is 7.05 Å². The lowest BCUT2D eigenvalue weighted by Gasteiger charge is -2.10. The van der Waals surface area contributed by atoms with E-state index in [0.29, 0.717) is 33.7 Å². The predicted molar refractivity (Wildman–Crippen MR) is 134 cm³/mol. The van der Waals surface area contributed by atoms with Gasteiger partial charge in [-0.15, -0.1) is 10.2 Å². The molecule has 1 heterocycles. The van der Waals surface area contributed by atoms with Gasteiger partial charge in [-0.05, 0) is 36.4 Å². The first kappa shape index (κ1) is 26.8. The van der Waals surface area contributed by atoms with Crippen LogP contribution in [0.15, 0.2) is 41.6 Å². The van der Waals surface area contributed by atoms with Crippen LogP contribution < -0.4 is 20.1 Å². The molecule has 2 aromatic carbocycles. The second-order valence-corrected chi connectivity index (χ2v) is 8.58. The van der Waals surface area contributed by atoms with Gasteiger partial charge in [0, 0.05) is 18.3 Å². The van der Waals surface area contributed by atoms with E-state index in [1.807, 2.05) is 0 Å². The summed E-state index contributed by atoms with van der Waals surface area (Å²) in [5.41, 5.74) is 0.957. The standard InChI is InChI=1S/C23H24ClN5O6S/c1-29-19(11-25-21(31)13-5-8-17(33-2)18(9-13)34-3)27-28-23(29)36-12-20(30)26-14-6-7-16(24)15(10-14)22(32)35-4/h5-10H,11-12H2,1-4H3,(H,25,31)(H,26,30). The Bertz CT molecular complexity index is 1280. The van der Waals surface area contributed by atoms with E-state index < -0.39 is 5.97 Å². The van der Waals surface area contributed by atoms with Gasteiger partial charge in [0.1, 0.15) is 0 Å². The topological polar surface area (TPSA) is 134 Å². The Kier molecular flexibility index (Phi) is 9.14. The van der Waals surface area contributed by atoms with E-state index in [2.05, 4.69) is 25.6 Å². The molecule has 3 rings (SSSR count). The molecule has 0 radical (unpaired) electrons. The first-order chi connectivity index (χ1) is 17.3. The monoisotopic (exact) mass is 533 g/mol. The van der Waals surface area contributed by atoms with E-state index in [1.54, 1.807) is 35.9 Å². The average molecular weight is 534 g/mol. The molecule has 0 aliphatic carbocycles. The van der Waals surface area contributed by atoms with E-state index in [0.717, 1.165) is 0 Å². The normalized spacial score (nSPS) is 10.5. The van der Waals surface area contributed by atoms with Crippen molar-refractivity contribution >= 4 is 46.8 Å². The Hall–Kier alpha value is -3.77. The number of ether oxygens (including phenoxy) is 3. The van der Waals surface area contributed by atoms with Gasteiger partial charge in [0.25, 0.3) is 5.91 Å². The molecule has 2 amide bonds. The van der Waals surface area contributed by atoms with E-state index >= 15 is 0 Å². The van der Waals surface area contributed by atoms with Crippen LogP contribution in [0.3, 0.4) is 0 Å². The van der Waals surface area contributed by atoms with Crippen molar-refractivity contribution in [3.8, 4) is 11.5 Å². The second-order valence-electron chi connectivity index (χ2n) is 7.23. The highest BCUT2D eigenvalue weighted by molar-refractivity contribution is 7.99. The minimum atomic E-state index is -0.602. The van der Waals surface area contributed by atoms with Crippen LogP contribution in [0, 0.1) is 0 Å². The number of anilines is 1. The third-order valence-electron chi connectivity index (χ3n) is 4.97. The third kappa shape index (κ3) is 6.46. The largest absolute Gasteiger partial charge is 0.493 e. The van der Waals surface area contributed by atoms with Crippen molar-refractivity contribution < 1.29 is 28.6 Å². The smallest absolute Gasteiger partial charge is 0.339 e. The van der Waals surface area contributed by atoms with Crippen LogP contribution in [0.25, 0.3) is 0 Å². The van der Waals surface area contributed by atoms with Crippen LogP contribution in [0.5, 0.6) is 11.5 Å². The molecule has 0 fully saturated rings. The first-order valence-electron chi connectivity index (χ1n) is 10.5. The number of esters is 1. The van der Waals surface area contributed by atoms with Crippen LogP contribution >= 0.6 is 23.4 Å². The second kappa shape index (κ2) is 12.3. The molecule has 0 unspecified atom stereocenters. The molecule has 0 bridgehead atoms. The number of hydrogen-bond acceptors (Lipinski definition) is 9. The van der Waals surface area contributed by atoms with Crippen LogP contribution in [-0.2, 0) is 23.1 Å². The fourth-order valence-electron chi connectivity index (χ4n) is 3.06. The number of rotatable bonds is 10. The van der Waals surface area contributed by atoms with Crippen LogP contribution in [0.1, 0.15) is 26.5 Å². The molecule has 3 aromatic rings. The van der Waals surface area contributed by atoms with Gasteiger partial charge in [0.15, 0.2) is 22.5 Å². The van der Waals surface area contributed by atoms with Crippen LogP contribution in [0.2, 0.25) is 5.02 Å². The maximum Gasteiger partial charge on any atom is 0.339 e. The number of thioether (sulfide) groups is 1. The number of benzene rings is 2. The summed E-state index contributed by atoms with van der Waals surface area (Å²) in [5.74, 6) is 0.280. The fourth-order valence-corrected chi connectivity index (χ4v) is 3.98. The zero-order chi connectivity index (χ0) is 26.2. The van der Waals surface area contributed by atoms with Crippen molar-refractivity contribution in [2.75, 3.05) is 32.4 Å². The van der Waals surface area contributed by atoms with Gasteiger partial charge in [-0.2, -0.15) is 0 Å². The Balaban J connectivity index is 1.55. The first-order valence-corrected chi connectivity index (χ1v) is 11.8. The summed E-state index contributed by atoms with van der Waals surface area (Å²) < 4.78 is 16.8. The number of amides is 2. The molecule has 0 aliphatic heterocycles. The Morgan fingerprint density at radius 3 is 2.47 bits per heavy atom. The molecule has 0 saturated carbocycles. The molecule has 0 atom stereocenters. The maximum absolute atomic E-state index is 12.5. The summed E-state index contributed by atoms with van der Waals surface area (Å²) >= 11 is 7.17. The number of hydrogen-bond donors (Lipinski definition) is 2. The molecule has 190 valence electrons. The molecule has 11 nitrogen and oxygen atoms in total. The number of halogens is 1. The third-order valence-corrected chi connectivity index (χ3v) is 6.32. The summed E-state index contributed by atoms with van der Waals surface area (Å²) in [6.07, 6.45) is 0. The van der Waals surface area contributed by atoms with E-state index in [9.17, 15) is 14.4 Å². The minimum absolute atomic E-state index is 0.0418. The number of nitrogens with one attached hydrogen (secondary N) is 2. The average Bonchev–Trinajstić information content (AvgIpc) is 3.25. The number of methoxy groups -OCH3 is 3. The maximum atomic E-state index is 12.5. The summed E-state index contributed by atoms with van der Waals surface area (Å²) in [4.78, 5) is 36.7. The highest BCUT2D eigenvalue weighted by Crippen LogP contribution is 2.27. The van der Waals surface area contributed by atoms with E-state index in [-0.39, 0.29) is 34.7 Å². The summed E-state index contributed by atoms with van der Waals surface area (Å²) in [6.45, 7) is 0.129. The van der Waals surface area contributed by atoms with Crippen LogP contribution in [0.4, 0.5) is 5.69 Å². The Labute approximate surface area is 216 Å². The fraction of sp³-hybridized carbons (Fsp3) is 0.261. The summed E-state index contributed by atoms with van der Waals surface area (Å²) in [6, 6.07) is 9.39. The highest BCUT2D eigenvalue weighted by atomic mass is 35.5. The molecule has 36 heavy (non-hydrogen) atoms. The van der Waals surface area contributed by atoms with Gasteiger partial charge in [0.05, 0.1) is 44.2 Å². The SMILES string of the molecule is COC(=O)c1cc(NC(=O)CSc2nnc(CNC(=O)c3ccc(OC)c(OC)c3)n2C)ccc1Cl. The highest BCUT2D eigenvalue weighted by Gasteiger charge is 2.16. The summed E-state index contributed by atoms with van der Waals surface area (Å²) in [5, 5.41) is 14.4. The quantitative estimate of drug-likeness (QED) is 0.298. The van der Waals surface area contributed by atoms with Crippen molar-refractivity contribution in [2.45, 2.75) is 11.7 Å². The lowest BCUT2D eigenvalue weighted by atomic mass is 10.2. The number of carbonyl (C=O) groups is 3. The molecule has 0 spiro atoms. The molecule has 0 aliphatic rings. The lowest BCUT2D eigenvalue weighted by molar-refractivity contribution is -0.113. The zero-order valence-corrected chi connectivity index (χ0v) is 21.5. The van der Waals surface area contributed by atoms with Gasteiger partial charge in [-0.1, -0.05) is 23.4 Å². The molecule has 2 N–H and O–H groups in total. The molecule has 1 aromatic heterocycles. The van der Waals surface area contributed by atoms with Gasteiger partial charge >= 0.3 is 5.97 Å². The molecule has 0 saturated heterocycles. The summed E-state index contributed by atoms with van der Waals surface area (Å²) in [7, 11) is 5.99. The Morgan fingerprint density at radius 1 is 1.03 bits per heavy atom. The van der Waals surface area contributed by atoms with Crippen molar-refractivity contribution in [3.05, 3.63) is 58.4 Å². The number of carbonyl (C=O) groups excluding carboxylic acids is 3. The van der Waals surface area contributed by atoms with Crippen molar-refractivity contribution in [3.63, 3.8) is 0 Å². The predicted octanol–water partition coefficient (Wildman–Crippen LogP) is 2.93. The van der Waals surface area contributed by atoms with Gasteiger partial charge in [-0.25, -0.2) is 4.79 Å². The molecule has 13 heteroatoms. The van der Waals surface area contributed by atoms with Gasteiger partial charge < -0.3 is 29.4 Å². The lowest BCUT2D eigenvalue weighted by Crippen LogP contribution is -2.24. The minimum Gasteiger partial charge on any atom is -0.493 e. The number of aromatic nitrogens is 3. The molecular weight excluding hydrogens is 510 g/mol. The van der Waals surface area contributed by atoms with E-state index in [1.165, 1.54) is 45.2 Å². The van der Waals surface area contributed by atoms with Crippen molar-refractivity contribution in [1.29, 1.82) is 0 Å².